The third-order valence-electron chi connectivity index (χ3n) is 1.93. The second kappa shape index (κ2) is 5.33. The number of esters is 1. The van der Waals surface area contributed by atoms with Gasteiger partial charge in [0.15, 0.2) is 11.9 Å². The van der Waals surface area contributed by atoms with Crippen molar-refractivity contribution in [1.29, 1.82) is 0 Å². The lowest BCUT2D eigenvalue weighted by Crippen LogP contribution is -2.24. The third-order valence-corrected chi connectivity index (χ3v) is 1.93. The molecular weight excluding hydrogens is 196 g/mol. The van der Waals surface area contributed by atoms with E-state index in [9.17, 15) is 4.79 Å². The van der Waals surface area contributed by atoms with Crippen LogP contribution in [0.2, 0.25) is 0 Å². The Morgan fingerprint density at radius 1 is 1.67 bits per heavy atom. The predicted molar refractivity (Wildman–Crippen MR) is 55.0 cm³/mol. The molecule has 1 atom stereocenters. The smallest absolute Gasteiger partial charge is 0.332 e. The number of aromatic nitrogens is 3. The number of anilines is 1. The van der Waals surface area contributed by atoms with Gasteiger partial charge in [0.2, 0.25) is 0 Å². The maximum Gasteiger partial charge on any atom is 0.332 e. The van der Waals surface area contributed by atoms with Crippen LogP contribution in [0.3, 0.4) is 0 Å². The summed E-state index contributed by atoms with van der Waals surface area (Å²) in [4.78, 5) is 12.9. The average Bonchev–Trinajstić information content (AvgIpc) is 2.61. The van der Waals surface area contributed by atoms with Gasteiger partial charge in [-0.05, 0) is 13.3 Å². The monoisotopic (exact) mass is 212 g/mol. The van der Waals surface area contributed by atoms with Crippen LogP contribution in [-0.2, 0) is 9.53 Å². The number of carbonyl (C=O) groups excluding carboxylic acids is 1. The molecule has 1 rings (SSSR count). The molecule has 0 bridgehead atoms. The van der Waals surface area contributed by atoms with Crippen molar-refractivity contribution in [3.63, 3.8) is 0 Å². The molecule has 2 N–H and O–H groups in total. The molecule has 0 saturated carbocycles. The summed E-state index contributed by atoms with van der Waals surface area (Å²) in [6, 6.07) is -0.466. The Kier molecular flexibility index (Phi) is 4.08. The fraction of sp³-hybridized carbons (Fsp3) is 0.667. The molecule has 0 amide bonds. The van der Waals surface area contributed by atoms with Gasteiger partial charge in [0.25, 0.3) is 0 Å². The molecule has 0 saturated heterocycles. The molecule has 0 spiro atoms. The van der Waals surface area contributed by atoms with E-state index in [1.54, 1.807) is 6.92 Å². The van der Waals surface area contributed by atoms with Crippen molar-refractivity contribution in [2.24, 2.45) is 0 Å². The number of carbonyl (C=O) groups is 1. The van der Waals surface area contributed by atoms with Crippen LogP contribution in [0.25, 0.3) is 0 Å². The molecule has 0 aliphatic carbocycles. The first-order chi connectivity index (χ1) is 7.19. The van der Waals surface area contributed by atoms with Crippen LogP contribution in [-0.4, -0.2) is 27.6 Å². The first-order valence-electron chi connectivity index (χ1n) is 5.03. The van der Waals surface area contributed by atoms with E-state index in [4.69, 9.17) is 10.5 Å². The Morgan fingerprint density at radius 2 is 2.40 bits per heavy atom. The number of ether oxygens (including phenoxy) is 1. The topological polar surface area (TPSA) is 83.0 Å². The number of nitrogens with two attached hydrogens (primary N) is 1. The second-order valence-corrected chi connectivity index (χ2v) is 3.15. The van der Waals surface area contributed by atoms with Gasteiger partial charge in [-0.1, -0.05) is 13.3 Å². The summed E-state index contributed by atoms with van der Waals surface area (Å²) in [5.41, 5.74) is 5.44. The van der Waals surface area contributed by atoms with Crippen LogP contribution < -0.4 is 5.73 Å². The zero-order chi connectivity index (χ0) is 11.3. The lowest BCUT2D eigenvalue weighted by Gasteiger charge is -2.13. The predicted octanol–water partition coefficient (Wildman–Crippen LogP) is 0.765. The maximum absolute atomic E-state index is 11.6. The van der Waals surface area contributed by atoms with Gasteiger partial charge >= 0.3 is 5.97 Å². The van der Waals surface area contributed by atoms with Gasteiger partial charge in [-0.15, -0.1) is 5.10 Å². The fourth-order valence-corrected chi connectivity index (χ4v) is 1.28. The van der Waals surface area contributed by atoms with E-state index in [1.165, 1.54) is 11.0 Å². The van der Waals surface area contributed by atoms with Crippen molar-refractivity contribution in [2.75, 3.05) is 12.3 Å². The van der Waals surface area contributed by atoms with Crippen LogP contribution >= 0.6 is 0 Å². The SMILES string of the molecule is CCCC(C(=O)OCC)n1ncc(N)n1. The maximum atomic E-state index is 11.6. The fourth-order valence-electron chi connectivity index (χ4n) is 1.28. The summed E-state index contributed by atoms with van der Waals surface area (Å²) in [7, 11) is 0. The van der Waals surface area contributed by atoms with Gasteiger partial charge in [-0.2, -0.15) is 9.90 Å². The lowest BCUT2D eigenvalue weighted by atomic mass is 10.2. The van der Waals surface area contributed by atoms with E-state index in [2.05, 4.69) is 10.2 Å². The minimum absolute atomic E-state index is 0.306. The lowest BCUT2D eigenvalue weighted by molar-refractivity contribution is -0.148. The van der Waals surface area contributed by atoms with Crippen molar-refractivity contribution in [3.05, 3.63) is 6.20 Å². The number of nitrogen functional groups attached to an aromatic ring is 1. The van der Waals surface area contributed by atoms with E-state index in [1.807, 2.05) is 6.92 Å². The van der Waals surface area contributed by atoms with E-state index < -0.39 is 6.04 Å². The summed E-state index contributed by atoms with van der Waals surface area (Å²) in [6.07, 6.45) is 2.92. The Hall–Kier alpha value is -1.59. The van der Waals surface area contributed by atoms with Crippen LogP contribution in [0.5, 0.6) is 0 Å². The first-order valence-corrected chi connectivity index (χ1v) is 5.03. The summed E-state index contributed by atoms with van der Waals surface area (Å²) in [6.45, 7) is 4.11. The zero-order valence-corrected chi connectivity index (χ0v) is 9.01. The molecule has 1 aromatic rings. The standard InChI is InChI=1S/C9H16N4O2/c1-3-5-7(9(14)15-4-2)13-11-6-8(10)12-13/h6-7H,3-5H2,1-2H3,(H2,10,12). The van der Waals surface area contributed by atoms with Crippen molar-refractivity contribution in [3.8, 4) is 0 Å². The van der Waals surface area contributed by atoms with Gasteiger partial charge in [0.05, 0.1) is 12.8 Å². The zero-order valence-electron chi connectivity index (χ0n) is 9.01. The van der Waals surface area contributed by atoms with Crippen molar-refractivity contribution < 1.29 is 9.53 Å². The van der Waals surface area contributed by atoms with Gasteiger partial charge in [-0.25, -0.2) is 4.79 Å². The quantitative estimate of drug-likeness (QED) is 0.729. The average molecular weight is 212 g/mol. The minimum atomic E-state index is -0.466. The van der Waals surface area contributed by atoms with Crippen LogP contribution in [0.15, 0.2) is 6.20 Å². The number of nitrogens with zero attached hydrogens (tertiary/aromatic N) is 3. The Balaban J connectivity index is 2.77. The number of hydrogen-bond donors (Lipinski definition) is 1. The highest BCUT2D eigenvalue weighted by Crippen LogP contribution is 2.14. The van der Waals surface area contributed by atoms with Crippen molar-refractivity contribution in [1.82, 2.24) is 15.0 Å². The highest BCUT2D eigenvalue weighted by molar-refractivity contribution is 5.73. The number of hydrogen-bond acceptors (Lipinski definition) is 5. The van der Waals surface area contributed by atoms with Crippen LogP contribution in [0, 0.1) is 0 Å². The van der Waals surface area contributed by atoms with E-state index in [0.717, 1.165) is 6.42 Å². The Bertz CT molecular complexity index is 324. The summed E-state index contributed by atoms with van der Waals surface area (Å²) in [5, 5.41) is 7.83. The normalized spacial score (nSPS) is 12.4. The van der Waals surface area contributed by atoms with Gasteiger partial charge < -0.3 is 10.5 Å². The van der Waals surface area contributed by atoms with E-state index in [0.29, 0.717) is 18.8 Å². The molecule has 1 heterocycles. The highest BCUT2D eigenvalue weighted by Gasteiger charge is 2.22. The molecule has 0 aliphatic rings. The Labute approximate surface area is 88.4 Å². The van der Waals surface area contributed by atoms with E-state index in [-0.39, 0.29) is 5.97 Å². The van der Waals surface area contributed by atoms with Crippen LogP contribution in [0.4, 0.5) is 5.82 Å². The van der Waals surface area contributed by atoms with Crippen molar-refractivity contribution >= 4 is 11.8 Å². The molecule has 1 aromatic heterocycles. The molecule has 84 valence electrons. The highest BCUT2D eigenvalue weighted by atomic mass is 16.5. The van der Waals surface area contributed by atoms with Crippen molar-refractivity contribution in [2.45, 2.75) is 32.7 Å². The molecule has 0 aromatic carbocycles. The molecule has 0 radical (unpaired) electrons. The summed E-state index contributed by atoms with van der Waals surface area (Å²) >= 11 is 0. The largest absolute Gasteiger partial charge is 0.464 e. The van der Waals surface area contributed by atoms with E-state index >= 15 is 0 Å². The molecule has 6 nitrogen and oxygen atoms in total. The molecular formula is C9H16N4O2. The van der Waals surface area contributed by atoms with Gasteiger partial charge in [0, 0.05) is 0 Å². The molecule has 1 unspecified atom stereocenters. The van der Waals surface area contributed by atoms with Gasteiger partial charge in [-0.3, -0.25) is 0 Å². The summed E-state index contributed by atoms with van der Waals surface area (Å²) < 4.78 is 4.94. The minimum Gasteiger partial charge on any atom is -0.464 e. The third kappa shape index (κ3) is 2.93. The summed E-state index contributed by atoms with van der Waals surface area (Å²) in [5.74, 6) is -0.00430. The molecule has 0 fully saturated rings. The second-order valence-electron chi connectivity index (χ2n) is 3.15. The number of rotatable bonds is 5. The van der Waals surface area contributed by atoms with Crippen LogP contribution in [0.1, 0.15) is 32.7 Å². The van der Waals surface area contributed by atoms with Gasteiger partial charge in [0.1, 0.15) is 0 Å². The Morgan fingerprint density at radius 3 is 2.87 bits per heavy atom. The molecule has 0 aliphatic heterocycles. The molecule has 15 heavy (non-hydrogen) atoms. The first kappa shape index (κ1) is 11.5. The molecule has 6 heteroatoms.